The molecule has 4 rings (SSSR count). The molecular formula is C37H41ClN2O6. The van der Waals surface area contributed by atoms with Gasteiger partial charge in [-0.2, -0.15) is 0 Å². The standard InChI is InChI=1S/C37H41ClN2O6/c1-24-29-10-8-9-11-30(29)40(32(42)23-39-24)21-20-37(33(43)45-35(2,3)4,34(44)46-36(5,6)7)22-31(41)27-14-12-25(13-15-27)26-16-18-28(38)19-17-26/h8-19H,20-23H2,1-7H3. The van der Waals surface area contributed by atoms with E-state index < -0.39 is 40.8 Å². The van der Waals surface area contributed by atoms with Gasteiger partial charge < -0.3 is 14.4 Å². The van der Waals surface area contributed by atoms with Crippen LogP contribution in [-0.2, 0) is 23.9 Å². The van der Waals surface area contributed by atoms with Crippen LogP contribution in [0.2, 0.25) is 5.02 Å². The zero-order valence-corrected chi connectivity index (χ0v) is 28.2. The van der Waals surface area contributed by atoms with Gasteiger partial charge in [0.25, 0.3) is 0 Å². The third-order valence-corrected chi connectivity index (χ3v) is 7.78. The number of carbonyl (C=O) groups excluding carboxylic acids is 4. The third kappa shape index (κ3) is 8.29. The number of rotatable bonds is 9. The molecule has 3 aromatic carbocycles. The minimum Gasteiger partial charge on any atom is -0.459 e. The Kier molecular flexibility index (Phi) is 10.2. The van der Waals surface area contributed by atoms with Crippen LogP contribution in [0, 0.1) is 5.41 Å². The number of ether oxygens (including phenoxy) is 2. The Morgan fingerprint density at radius 1 is 0.804 bits per heavy atom. The van der Waals surface area contributed by atoms with E-state index in [0.29, 0.717) is 22.0 Å². The van der Waals surface area contributed by atoms with Crippen molar-refractivity contribution in [3.8, 4) is 11.1 Å². The summed E-state index contributed by atoms with van der Waals surface area (Å²) in [5.41, 5.74) is 0.194. The highest BCUT2D eigenvalue weighted by molar-refractivity contribution is 6.30. The maximum atomic E-state index is 14.1. The van der Waals surface area contributed by atoms with Gasteiger partial charge in [-0.1, -0.05) is 66.2 Å². The van der Waals surface area contributed by atoms with Gasteiger partial charge in [-0.25, -0.2) is 0 Å². The first-order valence-corrected chi connectivity index (χ1v) is 15.6. The second-order valence-electron chi connectivity index (χ2n) is 13.5. The molecule has 0 saturated heterocycles. The van der Waals surface area contributed by atoms with Crippen LogP contribution in [-0.4, -0.2) is 53.6 Å². The van der Waals surface area contributed by atoms with Crippen LogP contribution in [0.1, 0.15) is 77.2 Å². The highest BCUT2D eigenvalue weighted by Gasteiger charge is 2.53. The van der Waals surface area contributed by atoms with E-state index in [1.807, 2.05) is 37.3 Å². The molecule has 1 heterocycles. The summed E-state index contributed by atoms with van der Waals surface area (Å²) in [5.74, 6) is -2.51. The second-order valence-corrected chi connectivity index (χ2v) is 13.9. The second kappa shape index (κ2) is 13.6. The Morgan fingerprint density at radius 2 is 1.33 bits per heavy atom. The van der Waals surface area contributed by atoms with Crippen molar-refractivity contribution >= 4 is 46.6 Å². The molecule has 242 valence electrons. The quantitative estimate of drug-likeness (QED) is 0.136. The van der Waals surface area contributed by atoms with E-state index >= 15 is 0 Å². The lowest BCUT2D eigenvalue weighted by atomic mass is 9.77. The van der Waals surface area contributed by atoms with Gasteiger partial charge in [-0.3, -0.25) is 24.2 Å². The number of hydrogen-bond acceptors (Lipinski definition) is 7. The van der Waals surface area contributed by atoms with Crippen molar-refractivity contribution in [3.63, 3.8) is 0 Å². The first kappa shape index (κ1) is 34.6. The van der Waals surface area contributed by atoms with Crippen molar-refractivity contribution in [1.29, 1.82) is 0 Å². The average Bonchev–Trinajstić information content (AvgIpc) is 3.09. The van der Waals surface area contributed by atoms with E-state index in [9.17, 15) is 19.2 Å². The number of nitrogens with zero attached hydrogens (tertiary/aromatic N) is 2. The van der Waals surface area contributed by atoms with Crippen molar-refractivity contribution in [1.82, 2.24) is 0 Å². The molecule has 46 heavy (non-hydrogen) atoms. The number of hydrogen-bond donors (Lipinski definition) is 0. The summed E-state index contributed by atoms with van der Waals surface area (Å²) in [7, 11) is 0. The normalized spacial score (nSPS) is 13.8. The maximum absolute atomic E-state index is 14.1. The van der Waals surface area contributed by atoms with Gasteiger partial charge in [0.2, 0.25) is 5.91 Å². The summed E-state index contributed by atoms with van der Waals surface area (Å²) in [6.45, 7) is 11.8. The van der Waals surface area contributed by atoms with Gasteiger partial charge >= 0.3 is 11.9 Å². The molecular weight excluding hydrogens is 604 g/mol. The number of para-hydroxylation sites is 1. The lowest BCUT2D eigenvalue weighted by molar-refractivity contribution is -0.185. The summed E-state index contributed by atoms with van der Waals surface area (Å²) in [5, 5.41) is 0.615. The fourth-order valence-electron chi connectivity index (χ4n) is 5.19. The lowest BCUT2D eigenvalue weighted by Gasteiger charge is -2.36. The van der Waals surface area contributed by atoms with Gasteiger partial charge in [0.1, 0.15) is 17.7 Å². The monoisotopic (exact) mass is 644 g/mol. The molecule has 0 unspecified atom stereocenters. The molecule has 0 radical (unpaired) electrons. The molecule has 0 aromatic heterocycles. The minimum atomic E-state index is -2.05. The van der Waals surface area contributed by atoms with Crippen molar-refractivity contribution in [2.45, 2.75) is 72.5 Å². The molecule has 0 aliphatic carbocycles. The van der Waals surface area contributed by atoms with Crippen LogP contribution in [0.3, 0.4) is 0 Å². The van der Waals surface area contributed by atoms with Crippen LogP contribution in [0.15, 0.2) is 77.8 Å². The summed E-state index contributed by atoms with van der Waals surface area (Å²) >= 11 is 6.03. The number of fused-ring (bicyclic) bond motifs is 1. The summed E-state index contributed by atoms with van der Waals surface area (Å²) in [4.78, 5) is 61.6. The zero-order chi connectivity index (χ0) is 33.9. The van der Waals surface area contributed by atoms with E-state index in [0.717, 1.165) is 16.7 Å². The molecule has 1 aliphatic heterocycles. The molecule has 0 fully saturated rings. The van der Waals surface area contributed by atoms with Crippen LogP contribution >= 0.6 is 11.6 Å². The zero-order valence-electron chi connectivity index (χ0n) is 27.5. The van der Waals surface area contributed by atoms with Crippen molar-refractivity contribution in [2.75, 3.05) is 18.0 Å². The topological polar surface area (TPSA) is 102 Å². The van der Waals surface area contributed by atoms with Crippen molar-refractivity contribution in [2.24, 2.45) is 10.4 Å². The summed E-state index contributed by atoms with van der Waals surface area (Å²) in [6, 6.07) is 21.6. The molecule has 9 heteroatoms. The number of amides is 1. The Balaban J connectivity index is 1.75. The van der Waals surface area contributed by atoms with Gasteiger partial charge in [0.05, 0.1) is 5.69 Å². The Morgan fingerprint density at radius 3 is 1.87 bits per heavy atom. The molecule has 0 N–H and O–H groups in total. The number of Topliss-reactive ketones (excluding diaryl/α,β-unsaturated/α-hetero) is 1. The third-order valence-electron chi connectivity index (χ3n) is 7.53. The first-order chi connectivity index (χ1) is 21.5. The molecule has 0 atom stereocenters. The minimum absolute atomic E-state index is 0.0556. The fourth-order valence-corrected chi connectivity index (χ4v) is 5.32. The number of benzene rings is 3. The maximum Gasteiger partial charge on any atom is 0.324 e. The Bertz CT molecular complexity index is 1620. The van der Waals surface area contributed by atoms with E-state index in [1.165, 1.54) is 4.90 Å². The molecule has 1 amide bonds. The number of esters is 2. The lowest BCUT2D eigenvalue weighted by Crippen LogP contribution is -2.50. The van der Waals surface area contributed by atoms with Crippen LogP contribution in [0.25, 0.3) is 11.1 Å². The van der Waals surface area contributed by atoms with Crippen molar-refractivity contribution < 1.29 is 28.7 Å². The molecule has 8 nitrogen and oxygen atoms in total. The molecule has 1 aliphatic rings. The number of aliphatic imine (C=N–C) groups is 1. The fraction of sp³-hybridized carbons (Fsp3) is 0.378. The highest BCUT2D eigenvalue weighted by Crippen LogP contribution is 2.37. The molecule has 3 aromatic rings. The Labute approximate surface area is 275 Å². The molecule has 0 bridgehead atoms. The number of anilines is 1. The largest absolute Gasteiger partial charge is 0.459 e. The van der Waals surface area contributed by atoms with Gasteiger partial charge in [-0.05, 0) is 84.2 Å². The van der Waals surface area contributed by atoms with Crippen LogP contribution in [0.5, 0.6) is 0 Å². The average molecular weight is 645 g/mol. The van der Waals surface area contributed by atoms with Crippen molar-refractivity contribution in [3.05, 3.63) is 88.9 Å². The number of carbonyl (C=O) groups is 4. The number of ketones is 1. The van der Waals surface area contributed by atoms with Gasteiger partial charge in [0.15, 0.2) is 11.2 Å². The van der Waals surface area contributed by atoms with Crippen LogP contribution < -0.4 is 4.90 Å². The van der Waals surface area contributed by atoms with E-state index in [1.54, 1.807) is 84.0 Å². The van der Waals surface area contributed by atoms with E-state index in [2.05, 4.69) is 4.99 Å². The SMILES string of the molecule is CC1=NCC(=O)N(CCC(CC(=O)c2ccc(-c3ccc(Cl)cc3)cc2)(C(=O)OC(C)(C)C)C(=O)OC(C)(C)C)c2ccccc21. The molecule has 0 saturated carbocycles. The van der Waals surface area contributed by atoms with Gasteiger partial charge in [-0.15, -0.1) is 0 Å². The summed E-state index contributed by atoms with van der Waals surface area (Å²) < 4.78 is 11.6. The molecule has 0 spiro atoms. The Hall–Kier alpha value is -4.30. The summed E-state index contributed by atoms with van der Waals surface area (Å²) in [6.07, 6.45) is -0.735. The first-order valence-electron chi connectivity index (χ1n) is 15.3. The van der Waals surface area contributed by atoms with E-state index in [4.69, 9.17) is 21.1 Å². The number of benzodiazepines with no additional fused rings is 1. The number of halogens is 1. The van der Waals surface area contributed by atoms with Gasteiger partial charge in [0, 0.05) is 34.8 Å². The predicted molar refractivity (Wildman–Crippen MR) is 180 cm³/mol. The smallest absolute Gasteiger partial charge is 0.324 e. The predicted octanol–water partition coefficient (Wildman–Crippen LogP) is 7.50. The highest BCUT2D eigenvalue weighted by atomic mass is 35.5. The van der Waals surface area contributed by atoms with Crippen LogP contribution in [0.4, 0.5) is 5.69 Å². The van der Waals surface area contributed by atoms with E-state index in [-0.39, 0.29) is 25.4 Å².